The lowest BCUT2D eigenvalue weighted by atomic mass is 10.00. The summed E-state index contributed by atoms with van der Waals surface area (Å²) >= 11 is 0. The first-order valence-electron chi connectivity index (χ1n) is 8.59. The molecule has 1 atom stereocenters. The molecular formula is C19H24N4O2. The molecule has 2 amide bonds. The van der Waals surface area contributed by atoms with E-state index in [2.05, 4.69) is 38.7 Å². The van der Waals surface area contributed by atoms with E-state index >= 15 is 0 Å². The summed E-state index contributed by atoms with van der Waals surface area (Å²) in [6, 6.07) is 13.7. The van der Waals surface area contributed by atoms with Crippen LogP contribution in [0.1, 0.15) is 16.8 Å². The number of fused-ring (bicyclic) bond motifs is 1. The molecule has 1 aliphatic heterocycles. The summed E-state index contributed by atoms with van der Waals surface area (Å²) < 4.78 is 0. The molecule has 2 aromatic rings. The number of urea groups is 1. The minimum absolute atomic E-state index is 0.228. The highest BCUT2D eigenvalue weighted by Crippen LogP contribution is 2.18. The van der Waals surface area contributed by atoms with E-state index in [4.69, 9.17) is 0 Å². The number of hydrogen-bond acceptors (Lipinski definition) is 4. The second kappa shape index (κ2) is 8.60. The molecule has 1 aliphatic rings. The minimum atomic E-state index is -0.592. The lowest BCUT2D eigenvalue weighted by molar-refractivity contribution is 0.105. The maximum absolute atomic E-state index is 11.8. The molecule has 3 rings (SSSR count). The van der Waals surface area contributed by atoms with Crippen LogP contribution >= 0.6 is 0 Å². The summed E-state index contributed by atoms with van der Waals surface area (Å²) in [7, 11) is 0. The van der Waals surface area contributed by atoms with Crippen LogP contribution in [0.2, 0.25) is 0 Å². The fourth-order valence-corrected chi connectivity index (χ4v) is 3.02. The van der Waals surface area contributed by atoms with Crippen LogP contribution in [-0.2, 0) is 19.5 Å². The largest absolute Gasteiger partial charge is 0.390 e. The molecule has 0 spiro atoms. The summed E-state index contributed by atoms with van der Waals surface area (Å²) in [5, 5.41) is 15.6. The van der Waals surface area contributed by atoms with Gasteiger partial charge >= 0.3 is 6.03 Å². The highest BCUT2D eigenvalue weighted by molar-refractivity contribution is 5.73. The van der Waals surface area contributed by atoms with E-state index in [-0.39, 0.29) is 12.6 Å². The van der Waals surface area contributed by atoms with Gasteiger partial charge in [-0.1, -0.05) is 30.3 Å². The van der Waals surface area contributed by atoms with E-state index in [0.29, 0.717) is 13.1 Å². The Morgan fingerprint density at radius 1 is 1.16 bits per heavy atom. The number of aromatic nitrogens is 1. The number of β-amino-alcohol motifs (C(OH)–C–C–N with tert-alkyl or cyclic N) is 1. The second-order valence-electron chi connectivity index (χ2n) is 6.29. The summed E-state index contributed by atoms with van der Waals surface area (Å²) in [5.74, 6) is 0. The van der Waals surface area contributed by atoms with Crippen molar-refractivity contribution >= 4 is 6.03 Å². The van der Waals surface area contributed by atoms with Crippen molar-refractivity contribution in [2.24, 2.45) is 0 Å². The summed E-state index contributed by atoms with van der Waals surface area (Å²) in [4.78, 5) is 18.2. The minimum Gasteiger partial charge on any atom is -0.390 e. The Bertz CT molecular complexity index is 693. The number of carbonyl (C=O) groups is 1. The van der Waals surface area contributed by atoms with Crippen molar-refractivity contribution in [1.82, 2.24) is 20.5 Å². The van der Waals surface area contributed by atoms with Crippen molar-refractivity contribution in [2.75, 3.05) is 19.6 Å². The fourth-order valence-electron chi connectivity index (χ4n) is 3.02. The van der Waals surface area contributed by atoms with E-state index in [9.17, 15) is 9.90 Å². The number of nitrogens with zero attached hydrogens (tertiary/aromatic N) is 2. The first-order valence-corrected chi connectivity index (χ1v) is 8.59. The van der Waals surface area contributed by atoms with Crippen molar-refractivity contribution < 1.29 is 9.90 Å². The van der Waals surface area contributed by atoms with Crippen molar-refractivity contribution in [1.29, 1.82) is 0 Å². The maximum Gasteiger partial charge on any atom is 0.315 e. The Balaban J connectivity index is 1.37. The molecule has 0 unspecified atom stereocenters. The molecule has 1 aromatic carbocycles. The normalized spacial score (nSPS) is 15.2. The van der Waals surface area contributed by atoms with Gasteiger partial charge in [0.05, 0.1) is 18.3 Å². The van der Waals surface area contributed by atoms with Crippen LogP contribution in [0.25, 0.3) is 0 Å². The molecule has 6 heteroatoms. The van der Waals surface area contributed by atoms with Gasteiger partial charge in [-0.05, 0) is 29.7 Å². The number of amides is 2. The SMILES string of the molecule is O=C(NCc1ccccn1)NC[C@H](O)CN1CCc2ccccc2C1. The number of nitrogens with one attached hydrogen (secondary N) is 2. The molecule has 0 saturated carbocycles. The van der Waals surface area contributed by atoms with Gasteiger partial charge in [0.1, 0.15) is 0 Å². The first-order chi connectivity index (χ1) is 12.2. The van der Waals surface area contributed by atoms with E-state index in [1.807, 2.05) is 24.3 Å². The molecule has 6 nitrogen and oxygen atoms in total. The van der Waals surface area contributed by atoms with Crippen LogP contribution < -0.4 is 10.6 Å². The average molecular weight is 340 g/mol. The zero-order chi connectivity index (χ0) is 17.5. The second-order valence-corrected chi connectivity index (χ2v) is 6.29. The van der Waals surface area contributed by atoms with Gasteiger partial charge in [0.25, 0.3) is 0 Å². The third-order valence-electron chi connectivity index (χ3n) is 4.33. The van der Waals surface area contributed by atoms with Gasteiger partial charge < -0.3 is 15.7 Å². The van der Waals surface area contributed by atoms with Crippen LogP contribution in [0, 0.1) is 0 Å². The third kappa shape index (κ3) is 5.27. The standard InChI is InChI=1S/C19H24N4O2/c24-18(12-22-19(25)21-11-17-7-3-4-9-20-17)14-23-10-8-15-5-1-2-6-16(15)13-23/h1-7,9,18,24H,8,10-14H2,(H2,21,22,25)/t18-/m0/s1. The van der Waals surface area contributed by atoms with Gasteiger partial charge in [-0.15, -0.1) is 0 Å². The summed E-state index contributed by atoms with van der Waals surface area (Å²) in [6.45, 7) is 2.92. The van der Waals surface area contributed by atoms with Crippen LogP contribution in [-0.4, -0.2) is 46.8 Å². The van der Waals surface area contributed by atoms with Gasteiger partial charge in [-0.25, -0.2) is 4.79 Å². The molecule has 3 N–H and O–H groups in total. The van der Waals surface area contributed by atoms with Crippen LogP contribution in [0.5, 0.6) is 0 Å². The Hall–Kier alpha value is -2.44. The number of aliphatic hydroxyl groups is 1. The van der Waals surface area contributed by atoms with E-state index < -0.39 is 6.10 Å². The summed E-state index contributed by atoms with van der Waals surface area (Å²) in [5.41, 5.74) is 3.51. The zero-order valence-corrected chi connectivity index (χ0v) is 14.2. The molecule has 25 heavy (non-hydrogen) atoms. The topological polar surface area (TPSA) is 77.5 Å². The number of hydrogen-bond donors (Lipinski definition) is 3. The first kappa shape index (κ1) is 17.4. The van der Waals surface area contributed by atoms with Crippen molar-refractivity contribution in [3.63, 3.8) is 0 Å². The predicted octanol–water partition coefficient (Wildman–Crippen LogP) is 1.30. The van der Waals surface area contributed by atoms with Gasteiger partial charge in [-0.3, -0.25) is 9.88 Å². The molecule has 0 bridgehead atoms. The van der Waals surface area contributed by atoms with Gasteiger partial charge in [0.2, 0.25) is 0 Å². The molecule has 1 aromatic heterocycles. The van der Waals surface area contributed by atoms with Crippen LogP contribution in [0.4, 0.5) is 4.79 Å². The fraction of sp³-hybridized carbons (Fsp3) is 0.368. The smallest absolute Gasteiger partial charge is 0.315 e. The van der Waals surface area contributed by atoms with Crippen molar-refractivity contribution in [2.45, 2.75) is 25.6 Å². The predicted molar refractivity (Wildman–Crippen MR) is 95.9 cm³/mol. The number of benzene rings is 1. The molecule has 0 radical (unpaired) electrons. The van der Waals surface area contributed by atoms with Crippen molar-refractivity contribution in [3.05, 3.63) is 65.5 Å². The van der Waals surface area contributed by atoms with Gasteiger partial charge in [-0.2, -0.15) is 0 Å². The summed E-state index contributed by atoms with van der Waals surface area (Å²) in [6.07, 6.45) is 2.10. The van der Waals surface area contributed by atoms with Crippen LogP contribution in [0.3, 0.4) is 0 Å². The molecule has 0 fully saturated rings. The molecule has 132 valence electrons. The molecular weight excluding hydrogens is 316 g/mol. The Labute approximate surface area is 147 Å². The lowest BCUT2D eigenvalue weighted by Crippen LogP contribution is -2.44. The van der Waals surface area contributed by atoms with Gasteiger partial charge in [0.15, 0.2) is 0 Å². The Kier molecular flexibility index (Phi) is 5.98. The quantitative estimate of drug-likeness (QED) is 0.741. The van der Waals surface area contributed by atoms with Gasteiger partial charge in [0, 0.05) is 32.4 Å². The number of pyridine rings is 1. The van der Waals surface area contributed by atoms with E-state index in [1.54, 1.807) is 6.20 Å². The monoisotopic (exact) mass is 340 g/mol. The highest BCUT2D eigenvalue weighted by atomic mass is 16.3. The lowest BCUT2D eigenvalue weighted by Gasteiger charge is -2.30. The Morgan fingerprint density at radius 3 is 2.76 bits per heavy atom. The third-order valence-corrected chi connectivity index (χ3v) is 4.33. The molecule has 0 saturated heterocycles. The van der Waals surface area contributed by atoms with Crippen LogP contribution in [0.15, 0.2) is 48.7 Å². The number of aliphatic hydroxyl groups excluding tert-OH is 1. The number of carbonyl (C=O) groups excluding carboxylic acids is 1. The van der Waals surface area contributed by atoms with Crippen molar-refractivity contribution in [3.8, 4) is 0 Å². The zero-order valence-electron chi connectivity index (χ0n) is 14.2. The average Bonchev–Trinajstić information content (AvgIpc) is 2.65. The van der Waals surface area contributed by atoms with E-state index in [1.165, 1.54) is 11.1 Å². The van der Waals surface area contributed by atoms with E-state index in [0.717, 1.165) is 25.2 Å². The molecule has 2 heterocycles. The highest BCUT2D eigenvalue weighted by Gasteiger charge is 2.18. The Morgan fingerprint density at radius 2 is 1.96 bits per heavy atom. The number of rotatable bonds is 6. The maximum atomic E-state index is 11.8. The molecule has 0 aliphatic carbocycles.